The van der Waals surface area contributed by atoms with E-state index in [0.29, 0.717) is 24.2 Å². The van der Waals surface area contributed by atoms with E-state index in [1.165, 1.54) is 0 Å². The molecule has 0 atom stereocenters. The minimum absolute atomic E-state index is 0.302. The van der Waals surface area contributed by atoms with Crippen molar-refractivity contribution < 1.29 is 4.79 Å². The van der Waals surface area contributed by atoms with Crippen LogP contribution < -0.4 is 11.5 Å². The lowest BCUT2D eigenvalue weighted by atomic mass is 9.81. The first-order valence-corrected chi connectivity index (χ1v) is 13.6. The van der Waals surface area contributed by atoms with Crippen molar-refractivity contribution in [3.05, 3.63) is 78.9 Å². The predicted octanol–water partition coefficient (Wildman–Crippen LogP) is 5.87. The van der Waals surface area contributed by atoms with Crippen molar-refractivity contribution in [1.82, 2.24) is 24.3 Å². The molecule has 0 saturated heterocycles. The number of amides is 2. The Hall–Kier alpha value is -4.46. The first-order valence-electron chi connectivity index (χ1n) is 13.6. The van der Waals surface area contributed by atoms with Crippen molar-refractivity contribution in [3.8, 4) is 22.5 Å². The minimum atomic E-state index is -0.341. The van der Waals surface area contributed by atoms with Gasteiger partial charge < -0.3 is 16.4 Å². The smallest absolute Gasteiger partial charge is 0.314 e. The third kappa shape index (κ3) is 4.78. The summed E-state index contributed by atoms with van der Waals surface area (Å²) >= 11 is 0. The molecule has 0 aliphatic heterocycles. The number of fused-ring (bicyclic) bond motifs is 2. The summed E-state index contributed by atoms with van der Waals surface area (Å²) in [7, 11) is 0. The summed E-state index contributed by atoms with van der Waals surface area (Å²) < 4.78 is 2.11. The van der Waals surface area contributed by atoms with Crippen molar-refractivity contribution in [2.24, 2.45) is 11.7 Å². The topological polar surface area (TPSA) is 115 Å². The molecule has 6 rings (SSSR count). The molecule has 1 fully saturated rings. The summed E-state index contributed by atoms with van der Waals surface area (Å²) in [5.41, 5.74) is 17.5. The summed E-state index contributed by atoms with van der Waals surface area (Å²) in [4.78, 5) is 28.0. The molecule has 5 aromatic rings. The van der Waals surface area contributed by atoms with E-state index in [2.05, 4.69) is 51.8 Å². The molecule has 1 aliphatic rings. The maximum Gasteiger partial charge on any atom is 0.314 e. The third-order valence-corrected chi connectivity index (χ3v) is 8.03. The quantitative estimate of drug-likeness (QED) is 0.291. The number of pyridine rings is 1. The van der Waals surface area contributed by atoms with Crippen molar-refractivity contribution in [1.29, 1.82) is 0 Å². The van der Waals surface area contributed by atoms with Crippen LogP contribution in [0.2, 0.25) is 0 Å². The highest BCUT2D eigenvalue weighted by atomic mass is 16.2. The number of urea groups is 1. The Morgan fingerprint density at radius 2 is 1.77 bits per heavy atom. The van der Waals surface area contributed by atoms with E-state index >= 15 is 0 Å². The number of carbonyl (C=O) groups is 1. The van der Waals surface area contributed by atoms with Gasteiger partial charge in [-0.2, -0.15) is 0 Å². The monoisotopic (exact) mass is 519 g/mol. The van der Waals surface area contributed by atoms with Crippen LogP contribution in [0.3, 0.4) is 0 Å². The summed E-state index contributed by atoms with van der Waals surface area (Å²) in [6.45, 7) is 3.33. The average Bonchev–Trinajstić information content (AvgIpc) is 3.37. The normalized spacial score (nSPS) is 17.5. The van der Waals surface area contributed by atoms with Crippen LogP contribution in [0, 0.1) is 5.92 Å². The minimum Gasteiger partial charge on any atom is -0.382 e. The van der Waals surface area contributed by atoms with Gasteiger partial charge in [-0.05, 0) is 50.7 Å². The Morgan fingerprint density at radius 3 is 2.51 bits per heavy atom. The maximum absolute atomic E-state index is 11.7. The molecule has 2 aromatic carbocycles. The van der Waals surface area contributed by atoms with E-state index in [-0.39, 0.29) is 6.03 Å². The molecule has 39 heavy (non-hydrogen) atoms. The number of carbonyl (C=O) groups excluding carboxylic acids is 1. The molecule has 8 heteroatoms. The number of primary amides is 1. The van der Waals surface area contributed by atoms with Crippen LogP contribution in [-0.4, -0.2) is 43.4 Å². The number of anilines is 1. The number of benzene rings is 2. The van der Waals surface area contributed by atoms with Gasteiger partial charge in [0.2, 0.25) is 0 Å². The number of hydrogen-bond acceptors (Lipinski definition) is 5. The van der Waals surface area contributed by atoms with Gasteiger partial charge in [0, 0.05) is 47.9 Å². The molecule has 0 spiro atoms. The number of nitrogens with two attached hydrogens (primary N) is 2. The van der Waals surface area contributed by atoms with Crippen LogP contribution in [0.15, 0.2) is 73.1 Å². The van der Waals surface area contributed by atoms with Gasteiger partial charge in [-0.1, -0.05) is 48.5 Å². The Morgan fingerprint density at radius 1 is 1.00 bits per heavy atom. The molecule has 8 nitrogen and oxygen atoms in total. The highest BCUT2D eigenvalue weighted by Gasteiger charge is 2.29. The fourth-order valence-electron chi connectivity index (χ4n) is 5.90. The molecule has 198 valence electrons. The molecule has 0 bridgehead atoms. The molecule has 0 radical (unpaired) electrons. The Kier molecular flexibility index (Phi) is 6.60. The zero-order valence-electron chi connectivity index (χ0n) is 22.1. The fraction of sp³-hybridized carbons (Fsp3) is 0.290. The summed E-state index contributed by atoms with van der Waals surface area (Å²) in [6, 6.07) is 20.3. The Bertz CT molecular complexity index is 1640. The standard InChI is InChI=1S/C31H33N7O/c1-2-37(31(33)39)19-20-8-10-23(11-9-20)30-36-27(28-29(32)34-16-17-38(28)30)24-13-12-22-14-15-25(35-26(22)18-24)21-6-4-3-5-7-21/h3-7,12-18,20,23H,2,8-11,19H2,1H3,(H2,32,34)(H2,33,39). The van der Waals surface area contributed by atoms with Gasteiger partial charge in [0.05, 0.1) is 11.2 Å². The molecule has 2 amide bonds. The molecular weight excluding hydrogens is 486 g/mol. The summed E-state index contributed by atoms with van der Waals surface area (Å²) in [6.07, 6.45) is 7.76. The zero-order valence-corrected chi connectivity index (χ0v) is 22.1. The van der Waals surface area contributed by atoms with Crippen molar-refractivity contribution >= 4 is 28.3 Å². The van der Waals surface area contributed by atoms with Crippen LogP contribution in [0.1, 0.15) is 44.3 Å². The second-order valence-corrected chi connectivity index (χ2v) is 10.4. The van der Waals surface area contributed by atoms with Crippen molar-refractivity contribution in [3.63, 3.8) is 0 Å². The lowest BCUT2D eigenvalue weighted by Gasteiger charge is -2.31. The van der Waals surface area contributed by atoms with Gasteiger partial charge in [0.15, 0.2) is 0 Å². The van der Waals surface area contributed by atoms with E-state index in [0.717, 1.165) is 77.0 Å². The first kappa shape index (κ1) is 24.9. The third-order valence-electron chi connectivity index (χ3n) is 8.03. The second-order valence-electron chi connectivity index (χ2n) is 10.4. The van der Waals surface area contributed by atoms with Gasteiger partial charge in [-0.3, -0.25) is 4.40 Å². The largest absolute Gasteiger partial charge is 0.382 e. The predicted molar refractivity (Wildman–Crippen MR) is 155 cm³/mol. The maximum atomic E-state index is 11.7. The van der Waals surface area contributed by atoms with Crippen molar-refractivity contribution in [2.75, 3.05) is 18.8 Å². The van der Waals surface area contributed by atoms with E-state index < -0.39 is 0 Å². The number of nitrogen functional groups attached to an aromatic ring is 1. The summed E-state index contributed by atoms with van der Waals surface area (Å²) in [5, 5.41) is 1.07. The number of imidazole rings is 1. The number of rotatable bonds is 6. The molecule has 0 unspecified atom stereocenters. The molecule has 1 saturated carbocycles. The molecule has 3 aromatic heterocycles. The van der Waals surface area contributed by atoms with Crippen LogP contribution in [0.5, 0.6) is 0 Å². The lowest BCUT2D eigenvalue weighted by Crippen LogP contribution is -2.39. The lowest BCUT2D eigenvalue weighted by molar-refractivity contribution is 0.187. The number of nitrogens with zero attached hydrogens (tertiary/aromatic N) is 5. The molecule has 4 N–H and O–H groups in total. The highest BCUT2D eigenvalue weighted by molar-refractivity contribution is 5.91. The van der Waals surface area contributed by atoms with Gasteiger partial charge >= 0.3 is 6.03 Å². The highest BCUT2D eigenvalue weighted by Crippen LogP contribution is 2.39. The van der Waals surface area contributed by atoms with Gasteiger partial charge in [-0.15, -0.1) is 0 Å². The number of aromatic nitrogens is 4. The average molecular weight is 520 g/mol. The number of hydrogen-bond donors (Lipinski definition) is 2. The zero-order chi connectivity index (χ0) is 26.9. The SMILES string of the molecule is CCN(CC1CCC(c2nc(-c3ccc4ccc(-c5ccccc5)nc4c3)c3c(N)nccn23)CC1)C(N)=O. The van der Waals surface area contributed by atoms with Crippen LogP contribution in [0.4, 0.5) is 10.6 Å². The summed E-state index contributed by atoms with van der Waals surface area (Å²) in [5.74, 6) is 2.24. The van der Waals surface area contributed by atoms with Crippen molar-refractivity contribution in [2.45, 2.75) is 38.5 Å². The van der Waals surface area contributed by atoms with E-state index in [4.69, 9.17) is 21.4 Å². The molecule has 3 heterocycles. The van der Waals surface area contributed by atoms with E-state index in [1.54, 1.807) is 11.1 Å². The van der Waals surface area contributed by atoms with Gasteiger partial charge in [0.1, 0.15) is 22.9 Å². The van der Waals surface area contributed by atoms with E-state index in [9.17, 15) is 4.79 Å². The molecule has 1 aliphatic carbocycles. The second kappa shape index (κ2) is 10.4. The Balaban J connectivity index is 1.34. The van der Waals surface area contributed by atoms with Crippen LogP contribution in [-0.2, 0) is 0 Å². The van der Waals surface area contributed by atoms with Crippen LogP contribution in [0.25, 0.3) is 38.9 Å². The first-order chi connectivity index (χ1) is 19.0. The van der Waals surface area contributed by atoms with Gasteiger partial charge in [0.25, 0.3) is 0 Å². The van der Waals surface area contributed by atoms with Gasteiger partial charge in [-0.25, -0.2) is 19.7 Å². The Labute approximate surface area is 227 Å². The fourth-order valence-corrected chi connectivity index (χ4v) is 5.90. The molecular formula is C31H33N7O. The van der Waals surface area contributed by atoms with Crippen LogP contribution >= 0.6 is 0 Å². The van der Waals surface area contributed by atoms with E-state index in [1.807, 2.05) is 31.3 Å².